The molecule has 2 saturated carbocycles. The number of allylic oxidation sites excluding steroid dienone is 2. The average Bonchev–Trinajstić information content (AvgIpc) is 3.99. The van der Waals surface area contributed by atoms with Crippen molar-refractivity contribution in [1.29, 1.82) is 0 Å². The average molecular weight is 715 g/mol. The minimum Gasteiger partial charge on any atom is -0.285 e. The molecule has 6 heteroatoms. The zero-order valence-corrected chi connectivity index (χ0v) is 30.2. The monoisotopic (exact) mass is 714 g/mol. The predicted molar refractivity (Wildman–Crippen MR) is 208 cm³/mol. The van der Waals surface area contributed by atoms with Crippen LogP contribution in [0.25, 0.3) is 44.2 Å². The fourth-order valence-corrected chi connectivity index (χ4v) is 13.1. The van der Waals surface area contributed by atoms with Crippen LogP contribution in [0.5, 0.6) is 0 Å². The second kappa shape index (κ2) is 10.9. The number of carbonyl (C=O) groups is 4. The van der Waals surface area contributed by atoms with Crippen molar-refractivity contribution < 1.29 is 19.2 Å². The Hall–Kier alpha value is -4.78. The Morgan fingerprint density at radius 1 is 0.423 bits per heavy atom. The van der Waals surface area contributed by atoms with E-state index in [0.29, 0.717) is 22.3 Å². The van der Waals surface area contributed by atoms with Crippen LogP contribution in [0, 0.1) is 0 Å². The molecular formula is C46H34O4S2. The van der Waals surface area contributed by atoms with Gasteiger partial charge in [0.05, 0.1) is 0 Å². The smallest absolute Gasteiger partial charge is 0.234 e. The van der Waals surface area contributed by atoms with Crippen LogP contribution in [-0.4, -0.2) is 23.1 Å². The minimum atomic E-state index is -0.409. The van der Waals surface area contributed by atoms with Gasteiger partial charge in [-0.3, -0.25) is 19.2 Å². The first-order chi connectivity index (χ1) is 25.4. The lowest BCUT2D eigenvalue weighted by atomic mass is 9.66. The van der Waals surface area contributed by atoms with Crippen molar-refractivity contribution in [3.63, 3.8) is 0 Å². The lowest BCUT2D eigenvalue weighted by Crippen LogP contribution is -2.29. The molecule has 0 N–H and O–H groups in total. The molecule has 0 atom stereocenters. The third kappa shape index (κ3) is 3.97. The summed E-state index contributed by atoms with van der Waals surface area (Å²) >= 11 is 3.55. The molecule has 2 aromatic heterocycles. The highest BCUT2D eigenvalue weighted by Gasteiger charge is 2.50. The summed E-state index contributed by atoms with van der Waals surface area (Å²) in [6, 6.07) is 24.5. The summed E-state index contributed by atoms with van der Waals surface area (Å²) in [5, 5.41) is 0. The van der Waals surface area contributed by atoms with Gasteiger partial charge in [0.25, 0.3) is 0 Å². The number of fused-ring (bicyclic) bond motifs is 12. The van der Waals surface area contributed by atoms with Gasteiger partial charge in [0.15, 0.2) is 0 Å². The Labute approximate surface area is 309 Å². The summed E-state index contributed by atoms with van der Waals surface area (Å²) in [6.45, 7) is 0. The van der Waals surface area contributed by atoms with E-state index in [1.165, 1.54) is 81.7 Å². The summed E-state index contributed by atoms with van der Waals surface area (Å²) < 4.78 is 0. The van der Waals surface area contributed by atoms with Crippen LogP contribution < -0.4 is 0 Å². The molecule has 5 aromatic rings. The first kappa shape index (κ1) is 30.8. The summed E-state index contributed by atoms with van der Waals surface area (Å²) in [6.07, 6.45) is 15.6. The highest BCUT2D eigenvalue weighted by atomic mass is 32.1. The number of Topliss-reactive ketones (excluding diaryl/α,β-unsaturated/α-hetero) is 4. The zero-order chi connectivity index (χ0) is 34.9. The minimum absolute atomic E-state index is 0.0660. The molecule has 11 rings (SSSR count). The normalized spacial score (nSPS) is 21.6. The first-order valence-electron chi connectivity index (χ1n) is 18.7. The molecular weight excluding hydrogens is 681 g/mol. The van der Waals surface area contributed by atoms with Gasteiger partial charge in [-0.05, 0) is 107 Å². The number of thiophene rings is 2. The third-order valence-corrected chi connectivity index (χ3v) is 15.3. The molecule has 0 radical (unpaired) electrons. The Morgan fingerprint density at radius 2 is 0.808 bits per heavy atom. The highest BCUT2D eigenvalue weighted by Crippen LogP contribution is 2.64. The van der Waals surface area contributed by atoms with E-state index in [9.17, 15) is 19.2 Å². The number of hydrogen-bond acceptors (Lipinski definition) is 6. The fourth-order valence-electron chi connectivity index (χ4n) is 10.7. The molecule has 52 heavy (non-hydrogen) atoms. The van der Waals surface area contributed by atoms with Crippen molar-refractivity contribution in [2.24, 2.45) is 0 Å². The fraction of sp³-hybridized carbons (Fsp3) is 0.261. The second-order valence-electron chi connectivity index (χ2n) is 15.5. The molecule has 2 heterocycles. The number of carbonyl (C=O) groups excluding carboxylic acids is 4. The second-order valence-corrected chi connectivity index (χ2v) is 17.7. The standard InChI is InChI=1S/C46H34O4S2/c47-39-29-13-5-3-11-27(29)31(41(39)49)19-25-21-37-43(51-25)33-24-36-34(23-35(33)45(37)15-7-1-8-16-45)44-38(46(36)17-9-2-10-18-46)22-26(52-44)20-32-28-12-4-6-14-30(28)40(48)42(32)50/h3-6,11-14,19-24H,1-2,7-10,15-18H2/b31-19-,32-20-. The van der Waals surface area contributed by atoms with Gasteiger partial charge in [-0.15, -0.1) is 22.7 Å². The van der Waals surface area contributed by atoms with Crippen LogP contribution in [0.15, 0.2) is 72.8 Å². The van der Waals surface area contributed by atoms with Gasteiger partial charge >= 0.3 is 0 Å². The maximum absolute atomic E-state index is 13.2. The van der Waals surface area contributed by atoms with Crippen LogP contribution in [0.1, 0.15) is 128 Å². The maximum Gasteiger partial charge on any atom is 0.234 e. The zero-order valence-electron chi connectivity index (χ0n) is 28.6. The Kier molecular flexibility index (Phi) is 6.44. The van der Waals surface area contributed by atoms with Gasteiger partial charge in [0.1, 0.15) is 0 Å². The van der Waals surface area contributed by atoms with Crippen LogP contribution in [0.3, 0.4) is 0 Å². The maximum atomic E-state index is 13.2. The van der Waals surface area contributed by atoms with Gasteiger partial charge < -0.3 is 0 Å². The molecule has 6 aliphatic rings. The number of hydrogen-bond donors (Lipinski definition) is 0. The first-order valence-corrected chi connectivity index (χ1v) is 20.3. The molecule has 0 bridgehead atoms. The van der Waals surface area contributed by atoms with Crippen molar-refractivity contribution in [2.75, 3.05) is 0 Å². The largest absolute Gasteiger partial charge is 0.285 e. The molecule has 3 aromatic carbocycles. The van der Waals surface area contributed by atoms with E-state index in [1.54, 1.807) is 34.8 Å². The molecule has 4 nitrogen and oxygen atoms in total. The number of benzene rings is 3. The van der Waals surface area contributed by atoms with Gasteiger partial charge in [-0.2, -0.15) is 0 Å². The lowest BCUT2D eigenvalue weighted by Gasteiger charge is -2.37. The van der Waals surface area contributed by atoms with Gasteiger partial charge in [0.2, 0.25) is 23.1 Å². The van der Waals surface area contributed by atoms with Crippen LogP contribution in [0.2, 0.25) is 0 Å². The molecule has 0 aliphatic heterocycles. The quantitative estimate of drug-likeness (QED) is 0.135. The van der Waals surface area contributed by atoms with Gasteiger partial charge in [0, 0.05) is 52.6 Å². The molecule has 0 unspecified atom stereocenters. The van der Waals surface area contributed by atoms with Crippen molar-refractivity contribution in [3.8, 4) is 20.9 Å². The molecule has 254 valence electrons. The van der Waals surface area contributed by atoms with Crippen molar-refractivity contribution >= 4 is 69.1 Å². The Bertz CT molecular complexity index is 2380. The van der Waals surface area contributed by atoms with Crippen LogP contribution >= 0.6 is 22.7 Å². The van der Waals surface area contributed by atoms with Crippen molar-refractivity contribution in [3.05, 3.63) is 127 Å². The topological polar surface area (TPSA) is 68.3 Å². The summed E-state index contributed by atoms with van der Waals surface area (Å²) in [5.74, 6) is -1.63. The van der Waals surface area contributed by atoms with Crippen molar-refractivity contribution in [1.82, 2.24) is 0 Å². The van der Waals surface area contributed by atoms with E-state index < -0.39 is 23.1 Å². The third-order valence-electron chi connectivity index (χ3n) is 13.0. The Morgan fingerprint density at radius 3 is 1.21 bits per heavy atom. The summed E-state index contributed by atoms with van der Waals surface area (Å²) in [5.41, 5.74) is 11.8. The lowest BCUT2D eigenvalue weighted by molar-refractivity contribution is -0.110. The van der Waals surface area contributed by atoms with E-state index in [4.69, 9.17) is 0 Å². The highest BCUT2D eigenvalue weighted by molar-refractivity contribution is 7.17. The molecule has 2 spiro atoms. The number of rotatable bonds is 2. The molecule has 2 fully saturated rings. The summed E-state index contributed by atoms with van der Waals surface area (Å²) in [4.78, 5) is 56.8. The summed E-state index contributed by atoms with van der Waals surface area (Å²) in [7, 11) is 0. The van der Waals surface area contributed by atoms with Crippen LogP contribution in [0.4, 0.5) is 0 Å². The van der Waals surface area contributed by atoms with Gasteiger partial charge in [-0.1, -0.05) is 87.1 Å². The van der Waals surface area contributed by atoms with E-state index >= 15 is 0 Å². The SMILES string of the molecule is O=C1C(=O)c2ccccc2/C1=C/c1cc2c(s1)-c1cc3c(cc1C21CCCCC1)-c1sc(/C=C2\C(=O)C(=O)c4ccccc42)cc1C31CCCCC1. The van der Waals surface area contributed by atoms with E-state index in [-0.39, 0.29) is 10.8 Å². The predicted octanol–water partition coefficient (Wildman–Crippen LogP) is 10.9. The molecule has 6 aliphatic carbocycles. The van der Waals surface area contributed by atoms with Crippen LogP contribution in [-0.2, 0) is 20.4 Å². The number of ketones is 4. The van der Waals surface area contributed by atoms with E-state index in [0.717, 1.165) is 46.6 Å². The molecule has 0 amide bonds. The van der Waals surface area contributed by atoms with Crippen molar-refractivity contribution in [2.45, 2.75) is 75.0 Å². The van der Waals surface area contributed by atoms with E-state index in [1.807, 2.05) is 48.6 Å². The van der Waals surface area contributed by atoms with Gasteiger partial charge in [-0.25, -0.2) is 0 Å². The molecule has 0 saturated heterocycles. The van der Waals surface area contributed by atoms with E-state index in [2.05, 4.69) is 24.3 Å². The Balaban J connectivity index is 1.07.